The van der Waals surface area contributed by atoms with E-state index in [1.165, 1.54) is 6.42 Å². The average molecular weight is 267 g/mol. The number of nitrogens with zero attached hydrogens (tertiary/aromatic N) is 1. The molecule has 3 nitrogen and oxygen atoms in total. The maximum atomic E-state index is 12.5. The van der Waals surface area contributed by atoms with Gasteiger partial charge in [0.2, 0.25) is 0 Å². The van der Waals surface area contributed by atoms with Crippen LogP contribution in [-0.2, 0) is 4.74 Å². The highest BCUT2D eigenvalue weighted by Gasteiger charge is 2.58. The van der Waals surface area contributed by atoms with Crippen LogP contribution in [-0.4, -0.2) is 28.7 Å². The van der Waals surface area contributed by atoms with Crippen molar-refractivity contribution in [3.8, 4) is 0 Å². The molecular weight excluding hydrogens is 238 g/mol. The summed E-state index contributed by atoms with van der Waals surface area (Å²) in [7, 11) is 0. The lowest BCUT2D eigenvalue weighted by Gasteiger charge is -2.45. The van der Waals surface area contributed by atoms with E-state index in [0.29, 0.717) is 5.41 Å². The summed E-state index contributed by atoms with van der Waals surface area (Å²) in [6, 6.07) is 0. The van der Waals surface area contributed by atoms with Crippen molar-refractivity contribution in [1.29, 1.82) is 0 Å². The fraction of sp³-hybridized carbons (Fsp3) is 0.938. The highest BCUT2D eigenvalue weighted by atomic mass is 16.6. The van der Waals surface area contributed by atoms with Gasteiger partial charge >= 0.3 is 6.09 Å². The normalized spacial score (nSPS) is 37.3. The molecule has 19 heavy (non-hydrogen) atoms. The molecule has 1 aliphatic heterocycles. The average Bonchev–Trinajstić information content (AvgIpc) is 2.26. The van der Waals surface area contributed by atoms with E-state index in [2.05, 4.69) is 27.7 Å². The zero-order valence-electron chi connectivity index (χ0n) is 13.6. The van der Waals surface area contributed by atoms with Crippen LogP contribution in [0, 0.1) is 10.8 Å². The zero-order chi connectivity index (χ0) is 14.7. The van der Waals surface area contributed by atoms with Crippen molar-refractivity contribution in [2.24, 2.45) is 10.8 Å². The molecule has 110 valence electrons. The van der Waals surface area contributed by atoms with E-state index in [0.717, 1.165) is 19.4 Å². The van der Waals surface area contributed by atoms with Gasteiger partial charge in [-0.25, -0.2) is 4.79 Å². The number of hydrogen-bond acceptors (Lipinski definition) is 2. The largest absolute Gasteiger partial charge is 0.444 e. The second-order valence-electron chi connectivity index (χ2n) is 9.07. The lowest BCUT2D eigenvalue weighted by Crippen LogP contribution is -2.49. The van der Waals surface area contributed by atoms with Gasteiger partial charge in [0.1, 0.15) is 5.60 Å². The van der Waals surface area contributed by atoms with Crippen LogP contribution in [0.2, 0.25) is 0 Å². The first kappa shape index (κ1) is 14.7. The van der Waals surface area contributed by atoms with Gasteiger partial charge in [-0.2, -0.15) is 0 Å². The number of ether oxygens (including phenoxy) is 1. The number of carbonyl (C=O) groups excluding carboxylic acids is 1. The molecule has 2 aliphatic rings. The SMILES string of the molecule is CC1(C)CC2(C)CN(C(=O)OC(C)(C)C)C(C)(C1)C2. The van der Waals surface area contributed by atoms with Gasteiger partial charge in [0, 0.05) is 12.1 Å². The number of likely N-dealkylation sites (tertiary alicyclic amines) is 1. The van der Waals surface area contributed by atoms with Gasteiger partial charge < -0.3 is 9.64 Å². The molecule has 1 amide bonds. The number of carbonyl (C=O) groups is 1. The summed E-state index contributed by atoms with van der Waals surface area (Å²) in [6.45, 7) is 15.8. The highest BCUT2D eigenvalue weighted by Crippen LogP contribution is 2.57. The second-order valence-corrected chi connectivity index (χ2v) is 9.07. The summed E-state index contributed by atoms with van der Waals surface area (Å²) in [5.41, 5.74) is 0.0886. The Labute approximate surface area is 117 Å². The molecule has 1 saturated heterocycles. The molecule has 0 aromatic rings. The summed E-state index contributed by atoms with van der Waals surface area (Å²) >= 11 is 0. The Morgan fingerprint density at radius 2 is 1.63 bits per heavy atom. The molecule has 3 heteroatoms. The summed E-state index contributed by atoms with van der Waals surface area (Å²) in [4.78, 5) is 14.5. The Bertz CT molecular complexity index is 396. The monoisotopic (exact) mass is 267 g/mol. The predicted octanol–water partition coefficient (Wildman–Crippen LogP) is 4.21. The Hall–Kier alpha value is -0.730. The molecule has 2 fully saturated rings. The van der Waals surface area contributed by atoms with Crippen LogP contribution in [0.1, 0.15) is 67.7 Å². The van der Waals surface area contributed by atoms with Crippen molar-refractivity contribution < 1.29 is 9.53 Å². The quantitative estimate of drug-likeness (QED) is 0.658. The highest BCUT2D eigenvalue weighted by molar-refractivity contribution is 5.70. The molecule has 0 aromatic heterocycles. The van der Waals surface area contributed by atoms with E-state index in [1.807, 2.05) is 25.7 Å². The van der Waals surface area contributed by atoms with Crippen molar-refractivity contribution >= 4 is 6.09 Å². The van der Waals surface area contributed by atoms with E-state index >= 15 is 0 Å². The molecule has 2 rings (SSSR count). The minimum absolute atomic E-state index is 0.0428. The summed E-state index contributed by atoms with van der Waals surface area (Å²) in [6.07, 6.45) is 3.21. The number of amides is 1. The Morgan fingerprint density at radius 3 is 2.16 bits per heavy atom. The third-order valence-electron chi connectivity index (χ3n) is 4.38. The van der Waals surface area contributed by atoms with Crippen LogP contribution >= 0.6 is 0 Å². The molecular formula is C16H29NO2. The van der Waals surface area contributed by atoms with Crippen LogP contribution < -0.4 is 0 Å². The van der Waals surface area contributed by atoms with Crippen molar-refractivity contribution in [2.75, 3.05) is 6.54 Å². The molecule has 0 aromatic carbocycles. The summed E-state index contributed by atoms with van der Waals surface area (Å²) < 4.78 is 5.60. The van der Waals surface area contributed by atoms with Gasteiger partial charge in [-0.05, 0) is 57.8 Å². The predicted molar refractivity (Wildman–Crippen MR) is 77.1 cm³/mol. The molecule has 2 bridgehead atoms. The number of rotatable bonds is 0. The first-order valence-corrected chi connectivity index (χ1v) is 7.35. The van der Waals surface area contributed by atoms with E-state index in [1.54, 1.807) is 0 Å². The topological polar surface area (TPSA) is 29.5 Å². The lowest BCUT2D eigenvalue weighted by molar-refractivity contribution is 0.00297. The Kier molecular flexibility index (Phi) is 3.01. The van der Waals surface area contributed by atoms with Gasteiger partial charge in [0.05, 0.1) is 0 Å². The molecule has 0 N–H and O–H groups in total. The summed E-state index contributed by atoms with van der Waals surface area (Å²) in [5.74, 6) is 0. The van der Waals surface area contributed by atoms with Crippen molar-refractivity contribution in [1.82, 2.24) is 4.90 Å². The molecule has 1 aliphatic carbocycles. The third kappa shape index (κ3) is 2.90. The van der Waals surface area contributed by atoms with Crippen molar-refractivity contribution in [3.63, 3.8) is 0 Å². The fourth-order valence-corrected chi connectivity index (χ4v) is 4.77. The molecule has 1 saturated carbocycles. The molecule has 0 radical (unpaired) electrons. The van der Waals surface area contributed by atoms with Crippen LogP contribution in [0.3, 0.4) is 0 Å². The van der Waals surface area contributed by atoms with Crippen LogP contribution in [0.15, 0.2) is 0 Å². The number of hydrogen-bond donors (Lipinski definition) is 0. The maximum absolute atomic E-state index is 12.5. The molecule has 0 spiro atoms. The van der Waals surface area contributed by atoms with Gasteiger partial charge in [0.25, 0.3) is 0 Å². The molecule has 2 atom stereocenters. The molecule has 2 unspecified atom stereocenters. The molecule has 1 heterocycles. The van der Waals surface area contributed by atoms with Crippen LogP contribution in [0.25, 0.3) is 0 Å². The fourth-order valence-electron chi connectivity index (χ4n) is 4.77. The third-order valence-corrected chi connectivity index (χ3v) is 4.38. The summed E-state index contributed by atoms with van der Waals surface area (Å²) in [5, 5.41) is 0. The van der Waals surface area contributed by atoms with Crippen LogP contribution in [0.5, 0.6) is 0 Å². The van der Waals surface area contributed by atoms with Gasteiger partial charge in [-0.1, -0.05) is 20.8 Å². The van der Waals surface area contributed by atoms with Crippen molar-refractivity contribution in [2.45, 2.75) is 78.9 Å². The van der Waals surface area contributed by atoms with Gasteiger partial charge in [-0.15, -0.1) is 0 Å². The van der Waals surface area contributed by atoms with E-state index < -0.39 is 5.60 Å². The maximum Gasteiger partial charge on any atom is 0.410 e. The first-order valence-electron chi connectivity index (χ1n) is 7.35. The van der Waals surface area contributed by atoms with Gasteiger partial charge in [0.15, 0.2) is 0 Å². The van der Waals surface area contributed by atoms with E-state index in [-0.39, 0.29) is 17.0 Å². The van der Waals surface area contributed by atoms with Gasteiger partial charge in [-0.3, -0.25) is 0 Å². The zero-order valence-corrected chi connectivity index (χ0v) is 13.6. The first-order chi connectivity index (χ1) is 8.34. The Balaban J connectivity index is 2.23. The number of fused-ring (bicyclic) bond motifs is 2. The smallest absolute Gasteiger partial charge is 0.410 e. The minimum atomic E-state index is -0.416. The Morgan fingerprint density at radius 1 is 1.05 bits per heavy atom. The van der Waals surface area contributed by atoms with Crippen molar-refractivity contribution in [3.05, 3.63) is 0 Å². The van der Waals surface area contributed by atoms with E-state index in [4.69, 9.17) is 4.74 Å². The minimum Gasteiger partial charge on any atom is -0.444 e. The standard InChI is InChI=1S/C16H29NO2/c1-13(2,3)19-12(18)17-11-15(6)8-14(4,5)9-16(17,7)10-15/h8-11H2,1-7H3. The van der Waals surface area contributed by atoms with E-state index in [9.17, 15) is 4.79 Å². The second kappa shape index (κ2) is 3.89. The lowest BCUT2D eigenvalue weighted by atomic mass is 9.61. The van der Waals surface area contributed by atoms with Crippen LogP contribution in [0.4, 0.5) is 4.79 Å².